The van der Waals surface area contributed by atoms with Crippen molar-refractivity contribution in [1.82, 2.24) is 4.31 Å². The summed E-state index contributed by atoms with van der Waals surface area (Å²) in [6.07, 6.45) is 0.512. The number of ether oxygens (including phenoxy) is 1. The molecule has 1 heterocycles. The second kappa shape index (κ2) is 7.47. The Balaban J connectivity index is 1.74. The molecule has 1 fully saturated rings. The average Bonchev–Trinajstić information content (AvgIpc) is 2.63. The number of nitrogens with zero attached hydrogens (tertiary/aromatic N) is 1. The van der Waals surface area contributed by atoms with Crippen LogP contribution in [0.1, 0.15) is 22.8 Å². The maximum absolute atomic E-state index is 12.9. The molecule has 1 atom stereocenters. The first kappa shape index (κ1) is 17.8. The lowest BCUT2D eigenvalue weighted by Crippen LogP contribution is -2.46. The van der Waals surface area contributed by atoms with E-state index < -0.39 is 10.0 Å². The zero-order valence-electron chi connectivity index (χ0n) is 14.1. The van der Waals surface area contributed by atoms with Crippen molar-refractivity contribution in [3.63, 3.8) is 0 Å². The molecule has 1 saturated heterocycles. The summed E-state index contributed by atoms with van der Waals surface area (Å²) in [5.74, 6) is -0.0850. The van der Waals surface area contributed by atoms with Gasteiger partial charge in [0.25, 0.3) is 0 Å². The number of rotatable bonds is 5. The van der Waals surface area contributed by atoms with Gasteiger partial charge < -0.3 is 4.74 Å². The third-order valence-electron chi connectivity index (χ3n) is 4.31. The topological polar surface area (TPSA) is 63.7 Å². The highest BCUT2D eigenvalue weighted by molar-refractivity contribution is 7.89. The molecule has 0 radical (unpaired) electrons. The molecular weight excluding hydrogens is 338 g/mol. The van der Waals surface area contributed by atoms with Crippen molar-refractivity contribution < 1.29 is 17.9 Å². The molecule has 1 aliphatic rings. The van der Waals surface area contributed by atoms with Crippen LogP contribution in [0.5, 0.6) is 0 Å². The monoisotopic (exact) mass is 359 g/mol. The lowest BCUT2D eigenvalue weighted by molar-refractivity contribution is -0.000494. The van der Waals surface area contributed by atoms with Crippen LogP contribution in [0.3, 0.4) is 0 Å². The molecule has 0 N–H and O–H groups in total. The van der Waals surface area contributed by atoms with Crippen LogP contribution >= 0.6 is 0 Å². The minimum atomic E-state index is -3.59. The van der Waals surface area contributed by atoms with Crippen molar-refractivity contribution >= 4 is 15.8 Å². The quantitative estimate of drug-likeness (QED) is 0.770. The van der Waals surface area contributed by atoms with Crippen LogP contribution in [-0.4, -0.2) is 44.3 Å². The highest BCUT2D eigenvalue weighted by Gasteiger charge is 2.30. The average molecular weight is 359 g/mol. The number of hydrogen-bond donors (Lipinski definition) is 0. The molecular formula is C19H21NO4S. The Morgan fingerprint density at radius 3 is 2.44 bits per heavy atom. The molecule has 2 aromatic carbocycles. The van der Waals surface area contributed by atoms with Gasteiger partial charge in [-0.1, -0.05) is 42.5 Å². The molecule has 25 heavy (non-hydrogen) atoms. The number of carbonyl (C=O) groups excluding carboxylic acids is 1. The zero-order valence-corrected chi connectivity index (χ0v) is 14.9. The number of Topliss-reactive ketones (excluding diaryl/α,β-unsaturated/α-hetero) is 1. The Kier molecular flexibility index (Phi) is 5.32. The van der Waals surface area contributed by atoms with Gasteiger partial charge in [-0.05, 0) is 31.0 Å². The van der Waals surface area contributed by atoms with E-state index >= 15 is 0 Å². The number of carbonyl (C=O) groups is 1. The number of benzene rings is 2. The molecule has 3 rings (SSSR count). The summed E-state index contributed by atoms with van der Waals surface area (Å²) >= 11 is 0. The molecule has 132 valence electrons. The van der Waals surface area contributed by atoms with E-state index in [2.05, 4.69) is 0 Å². The van der Waals surface area contributed by atoms with Gasteiger partial charge >= 0.3 is 0 Å². The fourth-order valence-corrected chi connectivity index (χ4v) is 4.38. The lowest BCUT2D eigenvalue weighted by atomic mass is 10.1. The number of hydrogen-bond acceptors (Lipinski definition) is 4. The van der Waals surface area contributed by atoms with E-state index in [1.807, 2.05) is 30.3 Å². The number of sulfonamides is 1. The van der Waals surface area contributed by atoms with E-state index in [0.29, 0.717) is 31.7 Å². The van der Waals surface area contributed by atoms with Gasteiger partial charge in [-0.3, -0.25) is 4.79 Å². The van der Waals surface area contributed by atoms with Crippen LogP contribution in [0, 0.1) is 0 Å². The predicted molar refractivity (Wildman–Crippen MR) is 95.1 cm³/mol. The molecule has 1 aliphatic heterocycles. The largest absolute Gasteiger partial charge is 0.375 e. The van der Waals surface area contributed by atoms with Crippen molar-refractivity contribution in [2.75, 3.05) is 19.7 Å². The molecule has 0 aromatic heterocycles. The van der Waals surface area contributed by atoms with Gasteiger partial charge in [-0.15, -0.1) is 0 Å². The summed E-state index contributed by atoms with van der Waals surface area (Å²) in [6.45, 7) is 2.50. The predicted octanol–water partition coefficient (Wildman–Crippen LogP) is 2.52. The molecule has 0 aliphatic carbocycles. The molecule has 0 spiro atoms. The van der Waals surface area contributed by atoms with E-state index in [0.717, 1.165) is 5.56 Å². The van der Waals surface area contributed by atoms with Gasteiger partial charge in [0.05, 0.1) is 17.6 Å². The van der Waals surface area contributed by atoms with Gasteiger partial charge in [-0.25, -0.2) is 8.42 Å². The van der Waals surface area contributed by atoms with E-state index in [4.69, 9.17) is 4.74 Å². The third kappa shape index (κ3) is 4.15. The Bertz CT molecular complexity index is 831. The van der Waals surface area contributed by atoms with Crippen molar-refractivity contribution in [3.8, 4) is 0 Å². The normalized spacial score (nSPS) is 18.8. The summed E-state index contributed by atoms with van der Waals surface area (Å²) in [7, 11) is -3.59. The summed E-state index contributed by atoms with van der Waals surface area (Å²) in [4.78, 5) is 11.6. The first-order valence-electron chi connectivity index (χ1n) is 8.23. The van der Waals surface area contributed by atoms with E-state index in [1.165, 1.54) is 23.4 Å². The molecule has 0 saturated carbocycles. The smallest absolute Gasteiger partial charge is 0.243 e. The second-order valence-corrected chi connectivity index (χ2v) is 8.06. The highest BCUT2D eigenvalue weighted by Crippen LogP contribution is 2.21. The van der Waals surface area contributed by atoms with Crippen molar-refractivity contribution in [2.24, 2.45) is 0 Å². The second-order valence-electron chi connectivity index (χ2n) is 6.13. The minimum absolute atomic E-state index is 0.0850. The fraction of sp³-hybridized carbons (Fsp3) is 0.316. The van der Waals surface area contributed by atoms with E-state index in [9.17, 15) is 13.2 Å². The van der Waals surface area contributed by atoms with E-state index in [1.54, 1.807) is 12.1 Å². The van der Waals surface area contributed by atoms with Gasteiger partial charge in [0, 0.05) is 18.7 Å². The Hall–Kier alpha value is -2.02. The van der Waals surface area contributed by atoms with Crippen LogP contribution in [0.15, 0.2) is 59.5 Å². The summed E-state index contributed by atoms with van der Waals surface area (Å²) < 4.78 is 32.9. The Morgan fingerprint density at radius 1 is 1.12 bits per heavy atom. The molecule has 1 unspecified atom stereocenters. The van der Waals surface area contributed by atoms with Crippen molar-refractivity contribution in [3.05, 3.63) is 65.7 Å². The van der Waals surface area contributed by atoms with Crippen LogP contribution in [0.2, 0.25) is 0 Å². The number of ketones is 1. The highest BCUT2D eigenvalue weighted by atomic mass is 32.2. The van der Waals surface area contributed by atoms with Crippen LogP contribution in [-0.2, 0) is 21.2 Å². The van der Waals surface area contributed by atoms with Gasteiger partial charge in [0.2, 0.25) is 10.0 Å². The standard InChI is InChI=1S/C19H21NO4S/c1-15(21)17-7-9-19(10-8-17)25(22,23)20-11-12-24-18(14-20)13-16-5-3-2-4-6-16/h2-10,18H,11-14H2,1H3. The van der Waals surface area contributed by atoms with Gasteiger partial charge in [-0.2, -0.15) is 4.31 Å². The van der Waals surface area contributed by atoms with Crippen molar-refractivity contribution in [1.29, 1.82) is 0 Å². The van der Waals surface area contributed by atoms with Gasteiger partial charge in [0.1, 0.15) is 0 Å². The molecule has 0 amide bonds. The maximum atomic E-state index is 12.9. The van der Waals surface area contributed by atoms with E-state index in [-0.39, 0.29) is 16.8 Å². The summed E-state index contributed by atoms with van der Waals surface area (Å²) in [6, 6.07) is 16.0. The molecule has 6 heteroatoms. The zero-order chi connectivity index (χ0) is 17.9. The minimum Gasteiger partial charge on any atom is -0.375 e. The van der Waals surface area contributed by atoms with Crippen LogP contribution in [0.25, 0.3) is 0 Å². The summed E-state index contributed by atoms with van der Waals surface area (Å²) in [5.41, 5.74) is 1.63. The first-order valence-corrected chi connectivity index (χ1v) is 9.67. The lowest BCUT2D eigenvalue weighted by Gasteiger charge is -2.32. The summed E-state index contributed by atoms with van der Waals surface area (Å²) in [5, 5.41) is 0. The van der Waals surface area contributed by atoms with Crippen LogP contribution in [0.4, 0.5) is 0 Å². The van der Waals surface area contributed by atoms with Crippen molar-refractivity contribution in [2.45, 2.75) is 24.3 Å². The Morgan fingerprint density at radius 2 is 1.80 bits per heavy atom. The SMILES string of the molecule is CC(=O)c1ccc(S(=O)(=O)N2CCOC(Cc3ccccc3)C2)cc1. The Labute approximate surface area is 148 Å². The van der Waals surface area contributed by atoms with Gasteiger partial charge in [0.15, 0.2) is 5.78 Å². The third-order valence-corrected chi connectivity index (χ3v) is 6.19. The number of morpholine rings is 1. The first-order chi connectivity index (χ1) is 12.0. The molecule has 0 bridgehead atoms. The molecule has 5 nitrogen and oxygen atoms in total. The van der Waals surface area contributed by atoms with Crippen LogP contribution < -0.4 is 0 Å². The maximum Gasteiger partial charge on any atom is 0.243 e. The fourth-order valence-electron chi connectivity index (χ4n) is 2.92. The molecule has 2 aromatic rings.